The SMILES string of the molecule is C=CC1CC(=O)N(c2ccc(F)c(CO)c2)C1. The molecule has 1 aromatic rings. The van der Waals surface area contributed by atoms with Crippen LogP contribution in [0, 0.1) is 11.7 Å². The van der Waals surface area contributed by atoms with Crippen molar-refractivity contribution in [2.24, 2.45) is 5.92 Å². The van der Waals surface area contributed by atoms with Gasteiger partial charge in [-0.3, -0.25) is 4.79 Å². The van der Waals surface area contributed by atoms with Crippen LogP contribution in [0.5, 0.6) is 0 Å². The zero-order chi connectivity index (χ0) is 12.4. The van der Waals surface area contributed by atoms with Gasteiger partial charge in [-0.15, -0.1) is 6.58 Å². The number of halogens is 1. The van der Waals surface area contributed by atoms with Crippen molar-refractivity contribution in [2.75, 3.05) is 11.4 Å². The molecule has 0 radical (unpaired) electrons. The monoisotopic (exact) mass is 235 g/mol. The molecule has 1 saturated heterocycles. The van der Waals surface area contributed by atoms with Crippen molar-refractivity contribution in [3.8, 4) is 0 Å². The molecule has 0 spiro atoms. The maximum Gasteiger partial charge on any atom is 0.227 e. The number of nitrogens with zero attached hydrogens (tertiary/aromatic N) is 1. The summed E-state index contributed by atoms with van der Waals surface area (Å²) in [6, 6.07) is 4.34. The summed E-state index contributed by atoms with van der Waals surface area (Å²) in [5, 5.41) is 8.99. The molecule has 1 heterocycles. The maximum atomic E-state index is 13.2. The fraction of sp³-hybridized carbons (Fsp3) is 0.308. The Labute approximate surface area is 99.2 Å². The number of anilines is 1. The van der Waals surface area contributed by atoms with Crippen molar-refractivity contribution in [2.45, 2.75) is 13.0 Å². The predicted octanol–water partition coefficient (Wildman–Crippen LogP) is 1.86. The van der Waals surface area contributed by atoms with Crippen molar-refractivity contribution >= 4 is 11.6 Å². The van der Waals surface area contributed by atoms with E-state index in [-0.39, 0.29) is 24.0 Å². The first-order valence-electron chi connectivity index (χ1n) is 5.48. The van der Waals surface area contributed by atoms with Crippen LogP contribution in [0.2, 0.25) is 0 Å². The minimum Gasteiger partial charge on any atom is -0.392 e. The number of benzene rings is 1. The molecule has 1 atom stereocenters. The average Bonchev–Trinajstić information content (AvgIpc) is 2.71. The van der Waals surface area contributed by atoms with Gasteiger partial charge in [0.05, 0.1) is 6.61 Å². The Morgan fingerprint density at radius 1 is 1.59 bits per heavy atom. The van der Waals surface area contributed by atoms with E-state index in [2.05, 4.69) is 6.58 Å². The molecule has 1 aliphatic heterocycles. The lowest BCUT2D eigenvalue weighted by molar-refractivity contribution is -0.117. The lowest BCUT2D eigenvalue weighted by atomic mass is 10.1. The molecule has 1 unspecified atom stereocenters. The Morgan fingerprint density at radius 2 is 2.35 bits per heavy atom. The summed E-state index contributed by atoms with van der Waals surface area (Å²) < 4.78 is 13.2. The molecular weight excluding hydrogens is 221 g/mol. The van der Waals surface area contributed by atoms with Gasteiger partial charge in [-0.1, -0.05) is 6.08 Å². The van der Waals surface area contributed by atoms with Crippen molar-refractivity contribution in [3.63, 3.8) is 0 Å². The second kappa shape index (κ2) is 4.67. The van der Waals surface area contributed by atoms with Gasteiger partial charge < -0.3 is 10.0 Å². The molecule has 17 heavy (non-hydrogen) atoms. The third-order valence-corrected chi connectivity index (χ3v) is 3.00. The molecule has 0 saturated carbocycles. The van der Waals surface area contributed by atoms with Crippen molar-refractivity contribution in [1.82, 2.24) is 0 Å². The summed E-state index contributed by atoms with van der Waals surface area (Å²) in [5.41, 5.74) is 0.835. The molecule has 4 heteroatoms. The minimum atomic E-state index is -0.455. The minimum absolute atomic E-state index is 0.00500. The third-order valence-electron chi connectivity index (χ3n) is 3.00. The van der Waals surface area contributed by atoms with Crippen LogP contribution in [-0.2, 0) is 11.4 Å². The van der Waals surface area contributed by atoms with Crippen LogP contribution in [0.15, 0.2) is 30.9 Å². The Morgan fingerprint density at radius 3 is 2.94 bits per heavy atom. The van der Waals surface area contributed by atoms with Crippen LogP contribution in [0.25, 0.3) is 0 Å². The van der Waals surface area contributed by atoms with E-state index < -0.39 is 5.82 Å². The molecular formula is C13H14FNO2. The number of carbonyl (C=O) groups is 1. The van der Waals surface area contributed by atoms with Gasteiger partial charge in [0, 0.05) is 30.1 Å². The molecule has 0 aliphatic carbocycles. The van der Waals surface area contributed by atoms with Crippen LogP contribution in [0.1, 0.15) is 12.0 Å². The van der Waals surface area contributed by atoms with Crippen LogP contribution >= 0.6 is 0 Å². The highest BCUT2D eigenvalue weighted by molar-refractivity contribution is 5.96. The Kier molecular flexibility index (Phi) is 3.24. The van der Waals surface area contributed by atoms with Gasteiger partial charge in [0.1, 0.15) is 5.82 Å². The van der Waals surface area contributed by atoms with E-state index in [9.17, 15) is 9.18 Å². The highest BCUT2D eigenvalue weighted by Gasteiger charge is 2.28. The van der Waals surface area contributed by atoms with Crippen LogP contribution in [-0.4, -0.2) is 17.6 Å². The number of amides is 1. The summed E-state index contributed by atoms with van der Waals surface area (Å²) in [4.78, 5) is 13.4. The quantitative estimate of drug-likeness (QED) is 0.812. The second-order valence-corrected chi connectivity index (χ2v) is 4.14. The molecule has 1 aliphatic rings. The Balaban J connectivity index is 2.28. The highest BCUT2D eigenvalue weighted by Crippen LogP contribution is 2.27. The van der Waals surface area contributed by atoms with Crippen LogP contribution in [0.3, 0.4) is 0 Å². The third kappa shape index (κ3) is 2.22. The van der Waals surface area contributed by atoms with Gasteiger partial charge in [-0.05, 0) is 18.2 Å². The Hall–Kier alpha value is -1.68. The summed E-state index contributed by atoms with van der Waals surface area (Å²) in [7, 11) is 0. The summed E-state index contributed by atoms with van der Waals surface area (Å²) in [6.45, 7) is 3.87. The number of aliphatic hydroxyl groups excluding tert-OH is 1. The van der Waals surface area contributed by atoms with Gasteiger partial charge in [-0.25, -0.2) is 4.39 Å². The van der Waals surface area contributed by atoms with Crippen molar-refractivity contribution in [1.29, 1.82) is 0 Å². The smallest absolute Gasteiger partial charge is 0.227 e. The zero-order valence-corrected chi connectivity index (χ0v) is 9.40. The zero-order valence-electron chi connectivity index (χ0n) is 9.40. The molecule has 0 bridgehead atoms. The molecule has 1 fully saturated rings. The molecule has 90 valence electrons. The molecule has 2 rings (SSSR count). The van der Waals surface area contributed by atoms with E-state index in [1.165, 1.54) is 12.1 Å². The highest BCUT2D eigenvalue weighted by atomic mass is 19.1. The van der Waals surface area contributed by atoms with Crippen molar-refractivity contribution < 1.29 is 14.3 Å². The molecule has 3 nitrogen and oxygen atoms in total. The maximum absolute atomic E-state index is 13.2. The molecule has 1 amide bonds. The van der Waals surface area contributed by atoms with Crippen LogP contribution in [0.4, 0.5) is 10.1 Å². The van der Waals surface area contributed by atoms with E-state index in [4.69, 9.17) is 5.11 Å². The van der Waals surface area contributed by atoms with E-state index in [1.54, 1.807) is 17.0 Å². The largest absolute Gasteiger partial charge is 0.392 e. The second-order valence-electron chi connectivity index (χ2n) is 4.14. The van der Waals surface area contributed by atoms with Gasteiger partial charge in [-0.2, -0.15) is 0 Å². The summed E-state index contributed by atoms with van der Waals surface area (Å²) in [5.74, 6) is -0.307. The molecule has 1 aromatic carbocycles. The number of aliphatic hydroxyl groups is 1. The van der Waals surface area contributed by atoms with Crippen LogP contribution < -0.4 is 4.90 Å². The topological polar surface area (TPSA) is 40.5 Å². The van der Waals surface area contributed by atoms with Gasteiger partial charge >= 0.3 is 0 Å². The van der Waals surface area contributed by atoms with E-state index >= 15 is 0 Å². The summed E-state index contributed by atoms with van der Waals surface area (Å²) >= 11 is 0. The van der Waals surface area contributed by atoms with Gasteiger partial charge in [0.15, 0.2) is 0 Å². The van der Waals surface area contributed by atoms with E-state index in [0.29, 0.717) is 18.7 Å². The summed E-state index contributed by atoms with van der Waals surface area (Å²) in [6.07, 6.45) is 2.20. The van der Waals surface area contributed by atoms with E-state index in [1.807, 2.05) is 0 Å². The van der Waals surface area contributed by atoms with E-state index in [0.717, 1.165) is 0 Å². The first-order chi connectivity index (χ1) is 8.15. The lowest BCUT2D eigenvalue weighted by Crippen LogP contribution is -2.24. The first-order valence-corrected chi connectivity index (χ1v) is 5.48. The molecule has 1 N–H and O–H groups in total. The number of hydrogen-bond donors (Lipinski definition) is 1. The Bertz CT molecular complexity index is 459. The number of rotatable bonds is 3. The van der Waals surface area contributed by atoms with Gasteiger partial charge in [0.25, 0.3) is 0 Å². The fourth-order valence-corrected chi connectivity index (χ4v) is 1.99. The first kappa shape index (κ1) is 11.8. The average molecular weight is 235 g/mol. The number of hydrogen-bond acceptors (Lipinski definition) is 2. The van der Waals surface area contributed by atoms with Crippen molar-refractivity contribution in [3.05, 3.63) is 42.2 Å². The lowest BCUT2D eigenvalue weighted by Gasteiger charge is -2.17. The number of carbonyl (C=O) groups excluding carboxylic acids is 1. The molecule has 0 aromatic heterocycles. The normalized spacial score (nSPS) is 19.8. The van der Waals surface area contributed by atoms with Gasteiger partial charge in [0.2, 0.25) is 5.91 Å². The predicted molar refractivity (Wildman–Crippen MR) is 63.0 cm³/mol. The standard InChI is InChI=1S/C13H14FNO2/c1-2-9-5-13(17)15(7-9)11-3-4-12(14)10(6-11)8-16/h2-4,6,9,16H,1,5,7-8H2. The fourth-order valence-electron chi connectivity index (χ4n) is 1.99.